The molecule has 3 N–H and O–H groups in total. The van der Waals surface area contributed by atoms with Gasteiger partial charge in [0.15, 0.2) is 0 Å². The molecule has 0 heterocycles. The van der Waals surface area contributed by atoms with E-state index in [1.165, 1.54) is 0 Å². The molecule has 0 aliphatic heterocycles. The first-order valence-electron chi connectivity index (χ1n) is 6.87. The van der Waals surface area contributed by atoms with E-state index < -0.39 is 5.97 Å². The number of hydrogen-bond acceptors (Lipinski definition) is 3. The van der Waals surface area contributed by atoms with Gasteiger partial charge in [0.2, 0.25) is 0 Å². The molecule has 6 heteroatoms. The van der Waals surface area contributed by atoms with E-state index in [0.717, 1.165) is 5.56 Å². The molecule has 23 heavy (non-hydrogen) atoms. The number of halogens is 2. The maximum absolute atomic E-state index is 11.0. The molecule has 0 spiro atoms. The van der Waals surface area contributed by atoms with Crippen LogP contribution in [0.25, 0.3) is 11.1 Å². The van der Waals surface area contributed by atoms with E-state index in [-0.39, 0.29) is 18.9 Å². The molecular weight excluding hydrogens is 335 g/mol. The van der Waals surface area contributed by atoms with Crippen LogP contribution in [0.1, 0.15) is 23.5 Å². The van der Waals surface area contributed by atoms with Crippen molar-refractivity contribution in [3.8, 4) is 17.2 Å². The van der Waals surface area contributed by atoms with Crippen molar-refractivity contribution in [3.05, 3.63) is 57.6 Å². The highest BCUT2D eigenvalue weighted by atomic mass is 35.5. The first-order chi connectivity index (χ1) is 11.0. The lowest BCUT2D eigenvalue weighted by Crippen LogP contribution is -2.16. The van der Waals surface area contributed by atoms with Crippen molar-refractivity contribution in [2.75, 3.05) is 6.54 Å². The van der Waals surface area contributed by atoms with Crippen molar-refractivity contribution in [2.24, 2.45) is 5.73 Å². The number of carboxylic acids is 1. The lowest BCUT2D eigenvalue weighted by molar-refractivity contribution is -0.137. The number of nitrogens with two attached hydrogens (primary N) is 1. The van der Waals surface area contributed by atoms with Crippen LogP contribution in [0.4, 0.5) is 0 Å². The van der Waals surface area contributed by atoms with Gasteiger partial charge in [-0.1, -0.05) is 29.3 Å². The van der Waals surface area contributed by atoms with Crippen LogP contribution in [0.2, 0.25) is 10.0 Å². The van der Waals surface area contributed by atoms with Crippen LogP contribution in [-0.4, -0.2) is 17.6 Å². The molecule has 1 atom stereocenters. The summed E-state index contributed by atoms with van der Waals surface area (Å²) in [4.78, 5) is 11.0. The van der Waals surface area contributed by atoms with E-state index in [1.807, 2.05) is 0 Å². The summed E-state index contributed by atoms with van der Waals surface area (Å²) >= 11 is 12.5. The summed E-state index contributed by atoms with van der Waals surface area (Å²) in [6.07, 6.45) is -0.0659. The van der Waals surface area contributed by atoms with Crippen LogP contribution in [0.5, 0.6) is 0 Å². The Labute approximate surface area is 144 Å². The van der Waals surface area contributed by atoms with Crippen LogP contribution in [0, 0.1) is 11.3 Å². The number of nitrogens with zero attached hydrogens (tertiary/aromatic N) is 1. The van der Waals surface area contributed by atoms with Gasteiger partial charge in [0.1, 0.15) is 0 Å². The van der Waals surface area contributed by atoms with Gasteiger partial charge in [-0.05, 0) is 42.4 Å². The largest absolute Gasteiger partial charge is 0.481 e. The topological polar surface area (TPSA) is 87.1 Å². The molecule has 0 amide bonds. The number of carbonyl (C=O) groups is 1. The van der Waals surface area contributed by atoms with Crippen LogP contribution >= 0.6 is 23.2 Å². The highest BCUT2D eigenvalue weighted by Gasteiger charge is 2.17. The first kappa shape index (κ1) is 17.3. The Morgan fingerprint density at radius 3 is 2.35 bits per heavy atom. The average molecular weight is 349 g/mol. The van der Waals surface area contributed by atoms with Crippen molar-refractivity contribution >= 4 is 29.2 Å². The third-order valence-corrected chi connectivity index (χ3v) is 4.21. The molecular formula is C17H14Cl2N2O2. The summed E-state index contributed by atoms with van der Waals surface area (Å²) in [6.45, 7) is 0.208. The molecule has 2 aromatic rings. The lowest BCUT2D eigenvalue weighted by Gasteiger charge is -2.16. The molecule has 0 fully saturated rings. The molecule has 0 saturated carbocycles. The van der Waals surface area contributed by atoms with E-state index >= 15 is 0 Å². The van der Waals surface area contributed by atoms with Gasteiger partial charge < -0.3 is 10.8 Å². The number of nitriles is 1. The normalized spacial score (nSPS) is 11.7. The van der Waals surface area contributed by atoms with Crippen LogP contribution < -0.4 is 5.73 Å². The zero-order chi connectivity index (χ0) is 17.0. The minimum absolute atomic E-state index is 0.0659. The summed E-state index contributed by atoms with van der Waals surface area (Å²) in [5.74, 6) is -1.23. The maximum atomic E-state index is 11.0. The number of aliphatic carboxylic acids is 1. The SMILES string of the molecule is N#Cc1ccc(Cl)c(-c2cc([C@H](CN)CC(=O)O)ccc2Cl)c1. The van der Waals surface area contributed by atoms with E-state index in [1.54, 1.807) is 36.4 Å². The van der Waals surface area contributed by atoms with Crippen molar-refractivity contribution in [1.29, 1.82) is 5.26 Å². The number of carboxylic acid groups (broad SMARTS) is 1. The lowest BCUT2D eigenvalue weighted by atomic mass is 9.92. The third-order valence-electron chi connectivity index (χ3n) is 3.55. The number of benzene rings is 2. The highest BCUT2D eigenvalue weighted by Crippen LogP contribution is 2.36. The quantitative estimate of drug-likeness (QED) is 0.853. The fraction of sp³-hybridized carbons (Fsp3) is 0.176. The van der Waals surface area contributed by atoms with Crippen molar-refractivity contribution in [1.82, 2.24) is 0 Å². The van der Waals surface area contributed by atoms with Gasteiger partial charge in [0, 0.05) is 27.1 Å². The third kappa shape index (κ3) is 4.02. The van der Waals surface area contributed by atoms with E-state index in [9.17, 15) is 4.79 Å². The molecule has 0 unspecified atom stereocenters. The summed E-state index contributed by atoms with van der Waals surface area (Å²) in [7, 11) is 0. The Kier molecular flexibility index (Phi) is 5.62. The fourth-order valence-corrected chi connectivity index (χ4v) is 2.79. The Balaban J connectivity index is 2.54. The summed E-state index contributed by atoms with van der Waals surface area (Å²) in [5.41, 5.74) is 8.20. The Morgan fingerprint density at radius 1 is 1.17 bits per heavy atom. The zero-order valence-electron chi connectivity index (χ0n) is 12.1. The smallest absolute Gasteiger partial charge is 0.304 e. The average Bonchev–Trinajstić information content (AvgIpc) is 2.54. The summed E-state index contributed by atoms with van der Waals surface area (Å²) in [6, 6.07) is 12.2. The predicted octanol–water partition coefficient (Wildman–Crippen LogP) is 4.05. The molecule has 0 aliphatic rings. The van der Waals surface area contributed by atoms with E-state index in [2.05, 4.69) is 6.07 Å². The van der Waals surface area contributed by atoms with E-state index in [4.69, 9.17) is 39.3 Å². The Bertz CT molecular complexity index is 785. The van der Waals surface area contributed by atoms with Gasteiger partial charge in [-0.25, -0.2) is 0 Å². The molecule has 0 aromatic heterocycles. The molecule has 0 aliphatic carbocycles. The monoisotopic (exact) mass is 348 g/mol. The second-order valence-corrected chi connectivity index (χ2v) is 5.89. The van der Waals surface area contributed by atoms with Gasteiger partial charge >= 0.3 is 5.97 Å². The van der Waals surface area contributed by atoms with Crippen LogP contribution in [-0.2, 0) is 4.79 Å². The van der Waals surface area contributed by atoms with Crippen molar-refractivity contribution in [3.63, 3.8) is 0 Å². The van der Waals surface area contributed by atoms with Gasteiger partial charge in [0.25, 0.3) is 0 Å². The minimum atomic E-state index is -0.915. The number of rotatable bonds is 5. The predicted molar refractivity (Wildman–Crippen MR) is 90.7 cm³/mol. The molecule has 0 radical (unpaired) electrons. The minimum Gasteiger partial charge on any atom is -0.481 e. The second-order valence-electron chi connectivity index (χ2n) is 5.08. The van der Waals surface area contributed by atoms with Gasteiger partial charge in [-0.3, -0.25) is 4.79 Å². The number of hydrogen-bond donors (Lipinski definition) is 2. The van der Waals surface area contributed by atoms with Crippen molar-refractivity contribution < 1.29 is 9.90 Å². The fourth-order valence-electron chi connectivity index (χ4n) is 2.35. The molecule has 2 aromatic carbocycles. The summed E-state index contributed by atoms with van der Waals surface area (Å²) < 4.78 is 0. The van der Waals surface area contributed by atoms with Gasteiger partial charge in [-0.15, -0.1) is 0 Å². The van der Waals surface area contributed by atoms with Crippen molar-refractivity contribution in [2.45, 2.75) is 12.3 Å². The molecule has 4 nitrogen and oxygen atoms in total. The maximum Gasteiger partial charge on any atom is 0.304 e. The molecule has 0 saturated heterocycles. The molecule has 0 bridgehead atoms. The van der Waals surface area contributed by atoms with Crippen LogP contribution in [0.3, 0.4) is 0 Å². The first-order valence-corrected chi connectivity index (χ1v) is 7.63. The standard InChI is InChI=1S/C17H14Cl2N2O2/c18-15-3-1-10(8-20)5-13(15)14-6-11(2-4-16(14)19)12(9-21)7-17(22)23/h1-6,12H,7,9,21H2,(H,22,23)/t12-/m0/s1. The molecule has 118 valence electrons. The zero-order valence-corrected chi connectivity index (χ0v) is 13.6. The second kappa shape index (κ2) is 7.47. The summed E-state index contributed by atoms with van der Waals surface area (Å²) in [5, 5.41) is 19.0. The van der Waals surface area contributed by atoms with Gasteiger partial charge in [-0.2, -0.15) is 5.26 Å². The highest BCUT2D eigenvalue weighted by molar-refractivity contribution is 6.36. The van der Waals surface area contributed by atoms with Gasteiger partial charge in [0.05, 0.1) is 18.1 Å². The Hall–Kier alpha value is -2.06. The van der Waals surface area contributed by atoms with E-state index in [0.29, 0.717) is 26.7 Å². The molecule has 2 rings (SSSR count). The Morgan fingerprint density at radius 2 is 1.78 bits per heavy atom. The van der Waals surface area contributed by atoms with Crippen LogP contribution in [0.15, 0.2) is 36.4 Å².